The monoisotopic (exact) mass is 333 g/mol. The molecule has 0 atom stereocenters. The van der Waals surface area contributed by atoms with Gasteiger partial charge in [0, 0.05) is 5.56 Å². The number of aromatic nitrogens is 2. The van der Waals surface area contributed by atoms with Crippen LogP contribution >= 0.6 is 0 Å². The number of halogens is 2. The van der Waals surface area contributed by atoms with Crippen molar-refractivity contribution in [3.8, 4) is 11.5 Å². The first kappa shape index (κ1) is 15.7. The maximum absolute atomic E-state index is 12.4. The molecule has 3 aromatic rings. The highest BCUT2D eigenvalue weighted by molar-refractivity contribution is 6.01. The second kappa shape index (κ2) is 6.53. The second-order valence-electron chi connectivity index (χ2n) is 4.79. The molecule has 0 aliphatic carbocycles. The van der Waals surface area contributed by atoms with Crippen LogP contribution in [-0.4, -0.2) is 29.3 Å². The van der Waals surface area contributed by atoms with E-state index >= 15 is 0 Å². The third kappa shape index (κ3) is 3.12. The quantitative estimate of drug-likeness (QED) is 0.779. The molecule has 1 aromatic heterocycles. The van der Waals surface area contributed by atoms with Crippen LogP contribution in [0.1, 0.15) is 10.4 Å². The van der Waals surface area contributed by atoms with Gasteiger partial charge in [0.15, 0.2) is 11.5 Å². The SMILES string of the molecule is COc1cc(C(=O)Nn2cnc3ccccc32)ccc1OC(F)F. The molecule has 2 aromatic carbocycles. The summed E-state index contributed by atoms with van der Waals surface area (Å²) in [5, 5.41) is 0. The summed E-state index contributed by atoms with van der Waals surface area (Å²) in [6.45, 7) is -2.98. The van der Waals surface area contributed by atoms with Crippen LogP contribution in [0, 0.1) is 0 Å². The normalized spacial score (nSPS) is 10.8. The van der Waals surface area contributed by atoms with Gasteiger partial charge in [0.05, 0.1) is 18.1 Å². The van der Waals surface area contributed by atoms with E-state index in [-0.39, 0.29) is 17.1 Å². The lowest BCUT2D eigenvalue weighted by atomic mass is 10.2. The zero-order valence-electron chi connectivity index (χ0n) is 12.6. The van der Waals surface area contributed by atoms with Crippen LogP contribution in [0.25, 0.3) is 11.0 Å². The van der Waals surface area contributed by atoms with Gasteiger partial charge >= 0.3 is 6.61 Å². The number of rotatable bonds is 5. The molecule has 124 valence electrons. The number of carbonyl (C=O) groups is 1. The molecular weight excluding hydrogens is 320 g/mol. The molecule has 0 spiro atoms. The lowest BCUT2D eigenvalue weighted by Gasteiger charge is -2.12. The summed E-state index contributed by atoms with van der Waals surface area (Å²) < 4.78 is 35.5. The van der Waals surface area contributed by atoms with E-state index in [0.29, 0.717) is 0 Å². The molecule has 0 saturated carbocycles. The molecule has 24 heavy (non-hydrogen) atoms. The maximum atomic E-state index is 12.4. The number of para-hydroxylation sites is 2. The molecule has 0 aliphatic heterocycles. The zero-order chi connectivity index (χ0) is 17.1. The number of benzene rings is 2. The van der Waals surface area contributed by atoms with Crippen molar-refractivity contribution < 1.29 is 23.0 Å². The summed E-state index contributed by atoms with van der Waals surface area (Å²) >= 11 is 0. The van der Waals surface area contributed by atoms with Gasteiger partial charge in [-0.1, -0.05) is 12.1 Å². The molecule has 0 radical (unpaired) electrons. The summed E-state index contributed by atoms with van der Waals surface area (Å²) in [6.07, 6.45) is 1.48. The Balaban J connectivity index is 1.84. The molecule has 0 bridgehead atoms. The van der Waals surface area contributed by atoms with Crippen molar-refractivity contribution in [1.29, 1.82) is 0 Å². The van der Waals surface area contributed by atoms with E-state index in [4.69, 9.17) is 4.74 Å². The van der Waals surface area contributed by atoms with E-state index in [0.717, 1.165) is 11.0 Å². The number of hydrogen-bond donors (Lipinski definition) is 1. The highest BCUT2D eigenvalue weighted by Crippen LogP contribution is 2.29. The highest BCUT2D eigenvalue weighted by atomic mass is 19.3. The Morgan fingerprint density at radius 2 is 2.00 bits per heavy atom. The van der Waals surface area contributed by atoms with Gasteiger partial charge in [-0.3, -0.25) is 10.2 Å². The predicted molar refractivity (Wildman–Crippen MR) is 83.1 cm³/mol. The number of alkyl halides is 2. The highest BCUT2D eigenvalue weighted by Gasteiger charge is 2.15. The third-order valence-corrected chi connectivity index (χ3v) is 3.32. The molecular formula is C16H13F2N3O3. The molecule has 1 amide bonds. The summed E-state index contributed by atoms with van der Waals surface area (Å²) in [7, 11) is 1.30. The summed E-state index contributed by atoms with van der Waals surface area (Å²) in [5.74, 6) is -0.546. The van der Waals surface area contributed by atoms with Gasteiger partial charge in [-0.05, 0) is 30.3 Å². The Bertz CT molecular complexity index is 880. The topological polar surface area (TPSA) is 65.4 Å². The Labute approximate surface area is 135 Å². The van der Waals surface area contributed by atoms with E-state index in [1.165, 1.54) is 36.3 Å². The average Bonchev–Trinajstić information content (AvgIpc) is 2.98. The van der Waals surface area contributed by atoms with Gasteiger partial charge in [-0.25, -0.2) is 9.66 Å². The van der Waals surface area contributed by atoms with E-state index < -0.39 is 12.5 Å². The predicted octanol–water partition coefficient (Wildman–Crippen LogP) is 3.03. The minimum Gasteiger partial charge on any atom is -0.493 e. The van der Waals surface area contributed by atoms with Gasteiger partial charge < -0.3 is 9.47 Å². The molecule has 1 N–H and O–H groups in total. The van der Waals surface area contributed by atoms with Crippen LogP contribution in [0.5, 0.6) is 11.5 Å². The van der Waals surface area contributed by atoms with Crippen LogP contribution in [0.2, 0.25) is 0 Å². The molecule has 6 nitrogen and oxygen atoms in total. The lowest BCUT2D eigenvalue weighted by Crippen LogP contribution is -2.22. The molecule has 1 heterocycles. The lowest BCUT2D eigenvalue weighted by molar-refractivity contribution is -0.0512. The molecule has 0 fully saturated rings. The molecule has 0 unspecified atom stereocenters. The minimum atomic E-state index is -2.98. The van der Waals surface area contributed by atoms with Gasteiger partial charge in [0.1, 0.15) is 6.33 Å². The smallest absolute Gasteiger partial charge is 0.387 e. The van der Waals surface area contributed by atoms with Crippen LogP contribution in [0.3, 0.4) is 0 Å². The number of ether oxygens (including phenoxy) is 2. The third-order valence-electron chi connectivity index (χ3n) is 3.32. The summed E-state index contributed by atoms with van der Waals surface area (Å²) in [4.78, 5) is 16.5. The Kier molecular flexibility index (Phi) is 4.28. The molecule has 0 aliphatic rings. The summed E-state index contributed by atoms with van der Waals surface area (Å²) in [5.41, 5.74) is 4.36. The van der Waals surface area contributed by atoms with Crippen LogP contribution in [0.4, 0.5) is 8.78 Å². The Hall–Kier alpha value is -3.16. The number of methoxy groups -OCH3 is 1. The van der Waals surface area contributed by atoms with Gasteiger partial charge in [-0.15, -0.1) is 0 Å². The number of nitrogens with one attached hydrogen (secondary N) is 1. The second-order valence-corrected chi connectivity index (χ2v) is 4.79. The maximum Gasteiger partial charge on any atom is 0.387 e. The molecule has 0 saturated heterocycles. The average molecular weight is 333 g/mol. The Morgan fingerprint density at radius 1 is 1.21 bits per heavy atom. The van der Waals surface area contributed by atoms with E-state index in [1.54, 1.807) is 0 Å². The summed E-state index contributed by atoms with van der Waals surface area (Å²) in [6, 6.07) is 11.2. The van der Waals surface area contributed by atoms with Gasteiger partial charge in [-0.2, -0.15) is 8.78 Å². The number of carbonyl (C=O) groups excluding carboxylic acids is 1. The van der Waals surface area contributed by atoms with E-state index in [1.807, 2.05) is 24.3 Å². The number of nitrogens with zero attached hydrogens (tertiary/aromatic N) is 2. The minimum absolute atomic E-state index is 0.0402. The van der Waals surface area contributed by atoms with E-state index in [9.17, 15) is 13.6 Å². The fourth-order valence-electron chi connectivity index (χ4n) is 2.22. The number of amides is 1. The number of hydrogen-bond acceptors (Lipinski definition) is 4. The van der Waals surface area contributed by atoms with Crippen molar-refractivity contribution in [3.63, 3.8) is 0 Å². The first-order valence-corrected chi connectivity index (χ1v) is 6.95. The first-order valence-electron chi connectivity index (χ1n) is 6.95. The van der Waals surface area contributed by atoms with Crippen molar-refractivity contribution in [2.45, 2.75) is 6.61 Å². The number of imidazole rings is 1. The standard InChI is InChI=1S/C16H13F2N3O3/c1-23-14-8-10(6-7-13(14)24-16(17)18)15(22)20-21-9-19-11-4-2-3-5-12(11)21/h2-9,16H,1H3,(H,20,22). The van der Waals surface area contributed by atoms with Crippen LogP contribution in [-0.2, 0) is 0 Å². The number of fused-ring (bicyclic) bond motifs is 1. The van der Waals surface area contributed by atoms with Crippen LogP contribution < -0.4 is 14.9 Å². The van der Waals surface area contributed by atoms with Crippen LogP contribution in [0.15, 0.2) is 48.8 Å². The fourth-order valence-corrected chi connectivity index (χ4v) is 2.22. The molecule has 3 rings (SSSR count). The largest absolute Gasteiger partial charge is 0.493 e. The van der Waals surface area contributed by atoms with Crippen molar-refractivity contribution in [1.82, 2.24) is 9.66 Å². The van der Waals surface area contributed by atoms with Crippen molar-refractivity contribution in [3.05, 3.63) is 54.4 Å². The van der Waals surface area contributed by atoms with Gasteiger partial charge in [0.25, 0.3) is 5.91 Å². The first-order chi connectivity index (χ1) is 11.6. The van der Waals surface area contributed by atoms with Crippen molar-refractivity contribution in [2.75, 3.05) is 12.5 Å². The Morgan fingerprint density at radius 3 is 2.75 bits per heavy atom. The van der Waals surface area contributed by atoms with Crippen molar-refractivity contribution >= 4 is 16.9 Å². The van der Waals surface area contributed by atoms with Crippen molar-refractivity contribution in [2.24, 2.45) is 0 Å². The van der Waals surface area contributed by atoms with Gasteiger partial charge in [0.2, 0.25) is 0 Å². The molecule has 8 heteroatoms. The van der Waals surface area contributed by atoms with E-state index in [2.05, 4.69) is 15.1 Å². The fraction of sp³-hybridized carbons (Fsp3) is 0.125. The zero-order valence-corrected chi connectivity index (χ0v) is 12.6.